The molecule has 7 heteroatoms. The number of hydrogen-bond acceptors (Lipinski definition) is 5. The summed E-state index contributed by atoms with van der Waals surface area (Å²) in [7, 11) is 1.39. The van der Waals surface area contributed by atoms with Crippen LogP contribution in [0.4, 0.5) is 16.3 Å². The fraction of sp³-hybridized carbons (Fsp3) is 0.333. The number of nitrogens with zero attached hydrogens (tertiary/aromatic N) is 3. The molecule has 0 unspecified atom stereocenters. The molecule has 0 aliphatic heterocycles. The van der Waals surface area contributed by atoms with Gasteiger partial charge in [0.2, 0.25) is 0 Å². The monoisotopic (exact) mass is 225 g/mol. The predicted octanol–water partition coefficient (Wildman–Crippen LogP) is 1.58. The Morgan fingerprint density at radius 2 is 2.38 bits per heavy atom. The van der Waals surface area contributed by atoms with Crippen LogP contribution in [-0.4, -0.2) is 29.7 Å². The van der Waals surface area contributed by atoms with Gasteiger partial charge in [-0.05, 0) is 29.0 Å². The summed E-state index contributed by atoms with van der Waals surface area (Å²) in [5.41, 5.74) is 0.103. The van der Waals surface area contributed by atoms with Crippen LogP contribution >= 0.6 is 0 Å². The van der Waals surface area contributed by atoms with E-state index in [2.05, 4.69) is 4.98 Å². The molecule has 7 nitrogen and oxygen atoms in total. The number of amides is 1. The van der Waals surface area contributed by atoms with Crippen molar-refractivity contribution in [1.29, 1.82) is 0 Å². The van der Waals surface area contributed by atoms with E-state index < -0.39 is 11.0 Å². The van der Waals surface area contributed by atoms with Crippen molar-refractivity contribution >= 4 is 17.6 Å². The molecule has 1 aromatic rings. The SMILES string of the molecule is CCOC(=O)N(C)c1cccnc1[N+](=O)[O-]. The zero-order chi connectivity index (χ0) is 12.1. The minimum absolute atomic E-state index is 0.103. The molecule has 0 saturated carbocycles. The molecule has 0 radical (unpaired) electrons. The lowest BCUT2D eigenvalue weighted by atomic mass is 10.3. The van der Waals surface area contributed by atoms with Crippen molar-refractivity contribution < 1.29 is 14.5 Å². The van der Waals surface area contributed by atoms with Gasteiger partial charge in [0.25, 0.3) is 0 Å². The maximum Gasteiger partial charge on any atom is 0.414 e. The molecule has 0 aliphatic rings. The first kappa shape index (κ1) is 11.9. The van der Waals surface area contributed by atoms with Gasteiger partial charge in [-0.15, -0.1) is 0 Å². The van der Waals surface area contributed by atoms with Crippen molar-refractivity contribution in [3.05, 3.63) is 28.4 Å². The molecule has 0 aliphatic carbocycles. The van der Waals surface area contributed by atoms with E-state index in [4.69, 9.17) is 4.74 Å². The summed E-state index contributed by atoms with van der Waals surface area (Å²) in [6, 6.07) is 2.94. The number of carbonyl (C=O) groups excluding carboxylic acids is 1. The molecule has 0 atom stereocenters. The highest BCUT2D eigenvalue weighted by Crippen LogP contribution is 2.24. The molecule has 0 aromatic carbocycles. The van der Waals surface area contributed by atoms with E-state index in [0.717, 1.165) is 4.90 Å². The molecular weight excluding hydrogens is 214 g/mol. The Kier molecular flexibility index (Phi) is 3.76. The average Bonchev–Trinajstić information content (AvgIpc) is 2.28. The summed E-state index contributed by atoms with van der Waals surface area (Å²) >= 11 is 0. The Bertz CT molecular complexity index is 407. The van der Waals surface area contributed by atoms with Crippen LogP contribution in [0.2, 0.25) is 0 Å². The Balaban J connectivity index is 3.03. The summed E-state index contributed by atoms with van der Waals surface area (Å²) in [6.45, 7) is 1.86. The van der Waals surface area contributed by atoms with Gasteiger partial charge in [0, 0.05) is 7.05 Å². The summed E-state index contributed by atoms with van der Waals surface area (Å²) < 4.78 is 4.73. The number of aromatic nitrogens is 1. The lowest BCUT2D eigenvalue weighted by Crippen LogP contribution is -2.27. The second-order valence-corrected chi connectivity index (χ2v) is 2.86. The zero-order valence-corrected chi connectivity index (χ0v) is 8.91. The van der Waals surface area contributed by atoms with E-state index in [1.807, 2.05) is 0 Å². The van der Waals surface area contributed by atoms with Crippen LogP contribution in [-0.2, 0) is 4.74 Å². The number of pyridine rings is 1. The highest BCUT2D eigenvalue weighted by atomic mass is 16.6. The molecular formula is C9H11N3O4. The first-order chi connectivity index (χ1) is 7.57. The second-order valence-electron chi connectivity index (χ2n) is 2.86. The van der Waals surface area contributed by atoms with Crippen LogP contribution in [0.25, 0.3) is 0 Å². The van der Waals surface area contributed by atoms with Crippen molar-refractivity contribution in [2.45, 2.75) is 6.92 Å². The maximum atomic E-state index is 11.4. The average molecular weight is 225 g/mol. The van der Waals surface area contributed by atoms with E-state index in [1.165, 1.54) is 25.4 Å². The van der Waals surface area contributed by atoms with E-state index in [1.54, 1.807) is 6.92 Å². The van der Waals surface area contributed by atoms with Gasteiger partial charge in [-0.2, -0.15) is 0 Å². The number of carbonyl (C=O) groups is 1. The van der Waals surface area contributed by atoms with Crippen LogP contribution in [0.5, 0.6) is 0 Å². The fourth-order valence-corrected chi connectivity index (χ4v) is 1.11. The molecule has 0 fully saturated rings. The minimum atomic E-state index is -0.654. The van der Waals surface area contributed by atoms with Crippen molar-refractivity contribution in [2.75, 3.05) is 18.6 Å². The van der Waals surface area contributed by atoms with Gasteiger partial charge >= 0.3 is 11.9 Å². The quantitative estimate of drug-likeness (QED) is 0.575. The molecule has 0 spiro atoms. The molecule has 0 saturated heterocycles. The standard InChI is InChI=1S/C9H11N3O4/c1-3-16-9(13)11(2)7-5-4-6-10-8(7)12(14)15/h4-6H,3H2,1-2H3. The van der Waals surface area contributed by atoms with Gasteiger partial charge in [-0.25, -0.2) is 4.79 Å². The Hall–Kier alpha value is -2.18. The lowest BCUT2D eigenvalue weighted by molar-refractivity contribution is -0.388. The second kappa shape index (κ2) is 5.06. The van der Waals surface area contributed by atoms with Crippen LogP contribution in [0.3, 0.4) is 0 Å². The molecule has 86 valence electrons. The molecule has 1 rings (SSSR count). The van der Waals surface area contributed by atoms with Crippen molar-refractivity contribution in [2.24, 2.45) is 0 Å². The van der Waals surface area contributed by atoms with Gasteiger partial charge in [0.1, 0.15) is 11.9 Å². The normalized spacial score (nSPS) is 9.62. The predicted molar refractivity (Wildman–Crippen MR) is 56.3 cm³/mol. The lowest BCUT2D eigenvalue weighted by Gasteiger charge is -2.15. The maximum absolute atomic E-state index is 11.4. The van der Waals surface area contributed by atoms with E-state index in [0.29, 0.717) is 0 Å². The molecule has 16 heavy (non-hydrogen) atoms. The summed E-state index contributed by atoms with van der Waals surface area (Å²) in [5, 5.41) is 10.7. The van der Waals surface area contributed by atoms with E-state index in [-0.39, 0.29) is 18.1 Å². The zero-order valence-electron chi connectivity index (χ0n) is 8.91. The molecule has 1 heterocycles. The van der Waals surface area contributed by atoms with Crippen LogP contribution < -0.4 is 4.90 Å². The van der Waals surface area contributed by atoms with Gasteiger partial charge < -0.3 is 14.9 Å². The summed E-state index contributed by atoms with van der Waals surface area (Å²) in [6.07, 6.45) is 0.638. The number of nitro groups is 1. The molecule has 1 amide bonds. The molecule has 1 aromatic heterocycles. The van der Waals surface area contributed by atoms with Gasteiger partial charge in [0.05, 0.1) is 6.61 Å². The van der Waals surface area contributed by atoms with Crippen LogP contribution in [0, 0.1) is 10.1 Å². The Morgan fingerprint density at radius 3 is 2.94 bits per heavy atom. The number of anilines is 1. The van der Waals surface area contributed by atoms with Crippen molar-refractivity contribution in [3.8, 4) is 0 Å². The van der Waals surface area contributed by atoms with Crippen molar-refractivity contribution in [1.82, 2.24) is 4.98 Å². The fourth-order valence-electron chi connectivity index (χ4n) is 1.11. The van der Waals surface area contributed by atoms with Gasteiger partial charge in [0.15, 0.2) is 0 Å². The topological polar surface area (TPSA) is 85.6 Å². The number of ether oxygens (including phenoxy) is 1. The largest absolute Gasteiger partial charge is 0.449 e. The number of hydrogen-bond donors (Lipinski definition) is 0. The summed E-state index contributed by atoms with van der Waals surface area (Å²) in [5.74, 6) is -0.377. The third-order valence-corrected chi connectivity index (χ3v) is 1.84. The van der Waals surface area contributed by atoms with E-state index >= 15 is 0 Å². The van der Waals surface area contributed by atoms with E-state index in [9.17, 15) is 14.9 Å². The first-order valence-corrected chi connectivity index (χ1v) is 4.57. The highest BCUT2D eigenvalue weighted by Gasteiger charge is 2.22. The Morgan fingerprint density at radius 1 is 1.69 bits per heavy atom. The Labute approximate surface area is 91.8 Å². The highest BCUT2D eigenvalue weighted by molar-refractivity contribution is 5.89. The molecule has 0 N–H and O–H groups in total. The van der Waals surface area contributed by atoms with Crippen LogP contribution in [0.15, 0.2) is 18.3 Å². The molecule has 0 bridgehead atoms. The summed E-state index contributed by atoms with van der Waals surface area (Å²) in [4.78, 5) is 26.0. The first-order valence-electron chi connectivity index (χ1n) is 4.57. The van der Waals surface area contributed by atoms with Gasteiger partial charge in [-0.1, -0.05) is 0 Å². The van der Waals surface area contributed by atoms with Crippen molar-refractivity contribution in [3.63, 3.8) is 0 Å². The van der Waals surface area contributed by atoms with Crippen LogP contribution in [0.1, 0.15) is 6.92 Å². The van der Waals surface area contributed by atoms with Gasteiger partial charge in [-0.3, -0.25) is 4.90 Å². The smallest absolute Gasteiger partial charge is 0.414 e. The third kappa shape index (κ3) is 2.44. The third-order valence-electron chi connectivity index (χ3n) is 1.84. The minimum Gasteiger partial charge on any atom is -0.449 e. The number of rotatable bonds is 3.